The zero-order valence-corrected chi connectivity index (χ0v) is 15.2. The normalized spacial score (nSPS) is 20.6. The van der Waals surface area contributed by atoms with Crippen molar-refractivity contribution in [3.8, 4) is 0 Å². The van der Waals surface area contributed by atoms with Crippen LogP contribution in [0.1, 0.15) is 11.1 Å². The van der Waals surface area contributed by atoms with Gasteiger partial charge >= 0.3 is 0 Å². The number of imide groups is 1. The van der Waals surface area contributed by atoms with Gasteiger partial charge in [-0.15, -0.1) is 0 Å². The number of aryl methyl sites for hydroxylation is 2. The molecule has 0 radical (unpaired) electrons. The minimum atomic E-state index is -0.557. The zero-order chi connectivity index (χ0) is 18.1. The number of aliphatic hydroxyl groups excluding tert-OH is 1. The second kappa shape index (κ2) is 7.17. The minimum Gasteiger partial charge on any atom is -0.394 e. The molecule has 2 amide bonds. The topological polar surface area (TPSA) is 108 Å². The molecule has 1 saturated heterocycles. The third-order valence-corrected chi connectivity index (χ3v) is 5.69. The number of aliphatic imine (C=N–C) groups is 1. The van der Waals surface area contributed by atoms with Crippen LogP contribution in [0.2, 0.25) is 0 Å². The Bertz CT molecular complexity index is 752. The molecule has 3 N–H and O–H groups in total. The van der Waals surface area contributed by atoms with E-state index in [1.54, 1.807) is 0 Å². The highest BCUT2D eigenvalue weighted by molar-refractivity contribution is 7.60. The van der Waals surface area contributed by atoms with Crippen LogP contribution < -0.4 is 10.7 Å². The van der Waals surface area contributed by atoms with E-state index in [9.17, 15) is 9.59 Å². The van der Waals surface area contributed by atoms with Crippen molar-refractivity contribution in [1.82, 2.24) is 5.01 Å². The summed E-state index contributed by atoms with van der Waals surface area (Å²) in [5, 5.41) is 9.50. The Kier molecular flexibility index (Phi) is 5.15. The molecule has 0 spiro atoms. The molecule has 9 heteroatoms. The monoisotopic (exact) mass is 364 g/mol. The maximum absolute atomic E-state index is 12.4. The van der Waals surface area contributed by atoms with E-state index in [4.69, 9.17) is 15.7 Å². The predicted molar refractivity (Wildman–Crippen MR) is 96.8 cm³/mol. The number of hydrogen-bond donors (Lipinski definition) is 2. The summed E-state index contributed by atoms with van der Waals surface area (Å²) < 4.78 is 5.38. The number of carbonyl (C=O) groups is 2. The quantitative estimate of drug-likeness (QED) is 0.350. The van der Waals surface area contributed by atoms with Crippen LogP contribution in [0.4, 0.5) is 16.2 Å². The van der Waals surface area contributed by atoms with Crippen molar-refractivity contribution in [3.63, 3.8) is 0 Å². The number of ether oxygens (including phenoxy) is 1. The van der Waals surface area contributed by atoms with Crippen LogP contribution in [-0.2, 0) is 9.53 Å². The molecule has 25 heavy (non-hydrogen) atoms. The van der Waals surface area contributed by atoms with Crippen molar-refractivity contribution in [2.75, 3.05) is 31.3 Å². The lowest BCUT2D eigenvalue weighted by atomic mass is 10.0. The number of anilines is 1. The Hall–Kier alpha value is -1.86. The van der Waals surface area contributed by atoms with Gasteiger partial charge in [-0.2, -0.15) is 0 Å². The first-order valence-corrected chi connectivity index (χ1v) is 9.06. The third kappa shape index (κ3) is 3.30. The van der Waals surface area contributed by atoms with Crippen LogP contribution in [0.3, 0.4) is 0 Å². The van der Waals surface area contributed by atoms with Crippen molar-refractivity contribution >= 4 is 37.2 Å². The largest absolute Gasteiger partial charge is 0.394 e. The van der Waals surface area contributed by atoms with E-state index in [0.717, 1.165) is 16.8 Å². The van der Waals surface area contributed by atoms with Crippen molar-refractivity contribution in [2.45, 2.75) is 19.6 Å². The molecule has 2 aliphatic heterocycles. The van der Waals surface area contributed by atoms with Crippen LogP contribution in [0.15, 0.2) is 17.1 Å². The lowest BCUT2D eigenvalue weighted by Gasteiger charge is -2.41. The van der Waals surface area contributed by atoms with Crippen LogP contribution >= 0.6 is 8.58 Å². The number of hydrazine groups is 1. The fourth-order valence-electron chi connectivity index (χ4n) is 2.88. The second-order valence-electron chi connectivity index (χ2n) is 5.98. The van der Waals surface area contributed by atoms with E-state index in [0.29, 0.717) is 29.6 Å². The van der Waals surface area contributed by atoms with E-state index < -0.39 is 17.3 Å². The Morgan fingerprint density at radius 3 is 2.72 bits per heavy atom. The molecule has 2 unspecified atom stereocenters. The van der Waals surface area contributed by atoms with Crippen molar-refractivity contribution in [2.24, 2.45) is 10.8 Å². The predicted octanol–water partition coefficient (Wildman–Crippen LogP) is 1.05. The molecule has 0 aromatic heterocycles. The van der Waals surface area contributed by atoms with Crippen LogP contribution in [0.5, 0.6) is 0 Å². The fraction of sp³-hybridized carbons (Fsp3) is 0.438. The molecular weight excluding hydrogens is 343 g/mol. The maximum atomic E-state index is 12.4. The van der Waals surface area contributed by atoms with Crippen molar-refractivity contribution < 1.29 is 19.4 Å². The summed E-state index contributed by atoms with van der Waals surface area (Å²) in [6, 6.07) is 3.95. The Balaban J connectivity index is 2.00. The van der Waals surface area contributed by atoms with Crippen molar-refractivity contribution in [1.29, 1.82) is 0 Å². The highest BCUT2D eigenvalue weighted by Crippen LogP contribution is 2.43. The average Bonchev–Trinajstić information content (AvgIpc) is 2.58. The number of hydrogen-bond acceptors (Lipinski definition) is 7. The van der Waals surface area contributed by atoms with Gasteiger partial charge in [-0.1, -0.05) is 0 Å². The molecule has 134 valence electrons. The number of aliphatic hydroxyl groups is 1. The second-order valence-corrected chi connectivity index (χ2v) is 7.24. The lowest BCUT2D eigenvalue weighted by molar-refractivity contribution is -0.121. The highest BCUT2D eigenvalue weighted by atomic mass is 31.1. The van der Waals surface area contributed by atoms with Crippen LogP contribution in [-0.4, -0.2) is 59.5 Å². The van der Waals surface area contributed by atoms with Crippen LogP contribution in [0.25, 0.3) is 0 Å². The van der Waals surface area contributed by atoms with Gasteiger partial charge in [0.1, 0.15) is 11.5 Å². The van der Waals surface area contributed by atoms with Gasteiger partial charge in [0.25, 0.3) is 11.6 Å². The average molecular weight is 364 g/mol. The van der Waals surface area contributed by atoms with E-state index in [2.05, 4.69) is 4.99 Å². The molecule has 2 atom stereocenters. The molecule has 0 aliphatic carbocycles. The summed E-state index contributed by atoms with van der Waals surface area (Å²) in [5.74, 6) is 4.60. The summed E-state index contributed by atoms with van der Waals surface area (Å²) in [6.45, 7) is 5.05. The van der Waals surface area contributed by atoms with E-state index in [1.807, 2.05) is 30.9 Å². The number of nitrogens with zero attached hydrogens (tertiary/aromatic N) is 3. The maximum Gasteiger partial charge on any atom is 0.292 e. The first-order valence-electron chi connectivity index (χ1n) is 7.98. The molecule has 3 rings (SSSR count). The molecule has 1 aromatic rings. The summed E-state index contributed by atoms with van der Waals surface area (Å²) in [5.41, 5.74) is 3.64. The molecule has 1 aromatic carbocycles. The van der Waals surface area contributed by atoms with Gasteiger partial charge in [0.15, 0.2) is 0 Å². The van der Waals surface area contributed by atoms with Gasteiger partial charge in [0.2, 0.25) is 0 Å². The van der Waals surface area contributed by atoms with E-state index in [1.165, 1.54) is 0 Å². The number of amides is 2. The number of benzene rings is 1. The Labute approximate surface area is 147 Å². The van der Waals surface area contributed by atoms with Crippen molar-refractivity contribution in [3.05, 3.63) is 23.3 Å². The van der Waals surface area contributed by atoms with Gasteiger partial charge < -0.3 is 14.7 Å². The Morgan fingerprint density at radius 2 is 2.00 bits per heavy atom. The Morgan fingerprint density at radius 1 is 1.28 bits per heavy atom. The number of fused-ring (bicyclic) bond motifs is 2. The highest BCUT2D eigenvalue weighted by Gasteiger charge is 2.43. The number of carbonyl (C=O) groups excluding carboxylic acids is 2. The molecule has 8 nitrogen and oxygen atoms in total. The molecule has 0 bridgehead atoms. The lowest BCUT2D eigenvalue weighted by Crippen LogP contribution is -2.57. The number of nitrogens with two attached hydrogens (primary N) is 1. The minimum absolute atomic E-state index is 0.0497. The van der Waals surface area contributed by atoms with Gasteiger partial charge in [0, 0.05) is 15.1 Å². The number of rotatable bonds is 5. The molecule has 2 heterocycles. The standard InChI is InChI=1S/C16H21N4O4P/c1-9-7-11-12(8-10(9)2)19(3-5-24-6-4-21)15-13(18-11)14(22)20(17)16(23)25-15/h7-8,15,21,25H,3-6,17H2,1-2H3. The van der Waals surface area contributed by atoms with Gasteiger partial charge in [-0.3, -0.25) is 9.59 Å². The first-order chi connectivity index (χ1) is 11.9. The zero-order valence-electron chi connectivity index (χ0n) is 14.2. The smallest absolute Gasteiger partial charge is 0.292 e. The summed E-state index contributed by atoms with van der Waals surface area (Å²) in [7, 11) is -0.199. The molecule has 1 fully saturated rings. The summed E-state index contributed by atoms with van der Waals surface area (Å²) in [4.78, 5) is 31.0. The molecule has 2 aliphatic rings. The van der Waals surface area contributed by atoms with Gasteiger partial charge in [0.05, 0.1) is 31.2 Å². The fourth-order valence-corrected chi connectivity index (χ4v) is 4.10. The van der Waals surface area contributed by atoms with E-state index in [-0.39, 0.29) is 21.8 Å². The third-order valence-electron chi connectivity index (χ3n) is 4.34. The van der Waals surface area contributed by atoms with Crippen LogP contribution in [0, 0.1) is 13.8 Å². The summed E-state index contributed by atoms with van der Waals surface area (Å²) >= 11 is 0. The van der Waals surface area contributed by atoms with E-state index >= 15 is 0 Å². The SMILES string of the molecule is Cc1cc2c(cc1C)N(CCOCCO)C1PC(=O)N(N)C(=O)C1=N2. The molecular formula is C16H21N4O4P. The molecule has 0 saturated carbocycles. The first kappa shape index (κ1) is 17.9. The summed E-state index contributed by atoms with van der Waals surface area (Å²) in [6.07, 6.45) is 0. The van der Waals surface area contributed by atoms with Gasteiger partial charge in [-0.25, -0.2) is 15.8 Å². The van der Waals surface area contributed by atoms with Gasteiger partial charge in [-0.05, 0) is 37.1 Å².